The highest BCUT2D eigenvalue weighted by Gasteiger charge is 2.23. The summed E-state index contributed by atoms with van der Waals surface area (Å²) in [5.41, 5.74) is 0.112. The highest BCUT2D eigenvalue weighted by molar-refractivity contribution is 9.10. The van der Waals surface area contributed by atoms with Gasteiger partial charge in [-0.25, -0.2) is 22.5 Å². The Morgan fingerprint density at radius 2 is 1.88 bits per heavy atom. The quantitative estimate of drug-likeness (QED) is 0.388. The Bertz CT molecular complexity index is 939. The Labute approximate surface area is 153 Å². The van der Waals surface area contributed by atoms with E-state index in [2.05, 4.69) is 25.9 Å². The van der Waals surface area contributed by atoms with Crippen LogP contribution in [-0.2, 0) is 0 Å². The van der Waals surface area contributed by atoms with Crippen LogP contribution < -0.4 is 4.90 Å². The molecule has 0 radical (unpaired) electrons. The molecule has 0 atom stereocenters. The van der Waals surface area contributed by atoms with Gasteiger partial charge in [0.05, 0.1) is 22.2 Å². The number of rotatable bonds is 4. The van der Waals surface area contributed by atoms with Gasteiger partial charge in [-0.1, -0.05) is 6.07 Å². The van der Waals surface area contributed by atoms with Crippen LogP contribution >= 0.6 is 27.5 Å². The second-order valence-electron chi connectivity index (χ2n) is 5.05. The summed E-state index contributed by atoms with van der Waals surface area (Å²) in [4.78, 5) is 8.84. The number of nitrogens with zero attached hydrogens (tertiary/aromatic N) is 3. The number of alkyl halides is 2. The molecular formula is C16H9BrClF4N3. The van der Waals surface area contributed by atoms with E-state index in [0.717, 1.165) is 17.0 Å². The van der Waals surface area contributed by atoms with Crippen LogP contribution in [0.5, 0.6) is 0 Å². The number of fused-ring (bicyclic) bond motifs is 1. The largest absolute Gasteiger partial charge is 0.317 e. The van der Waals surface area contributed by atoms with E-state index in [-0.39, 0.29) is 32.2 Å². The third-order valence-electron chi connectivity index (χ3n) is 3.41. The second-order valence-corrected chi connectivity index (χ2v) is 6.24. The maximum absolute atomic E-state index is 14.5. The standard InChI is InChI=1S/C16H9BrClF4N3/c17-10-2-1-3-12(14(10)22)25(7-13(20)21)15-9-6-8(19)4-5-11(9)23-16(18)24-15/h1-6,13H,7H2. The molecule has 0 saturated heterocycles. The smallest absolute Gasteiger partial charge is 0.256 e. The Morgan fingerprint density at radius 3 is 2.60 bits per heavy atom. The van der Waals surface area contributed by atoms with E-state index in [9.17, 15) is 17.6 Å². The Morgan fingerprint density at radius 1 is 1.12 bits per heavy atom. The Hall–Kier alpha value is -1.93. The molecule has 0 N–H and O–H groups in total. The van der Waals surface area contributed by atoms with Crippen LogP contribution in [0.1, 0.15) is 0 Å². The first-order valence-corrected chi connectivity index (χ1v) is 8.16. The lowest BCUT2D eigenvalue weighted by atomic mass is 10.2. The van der Waals surface area contributed by atoms with Crippen molar-refractivity contribution in [3.8, 4) is 0 Å². The number of anilines is 2. The van der Waals surface area contributed by atoms with E-state index >= 15 is 0 Å². The molecule has 0 aliphatic heterocycles. The molecule has 2 aromatic carbocycles. The average molecular weight is 435 g/mol. The summed E-state index contributed by atoms with van der Waals surface area (Å²) < 4.78 is 54.5. The van der Waals surface area contributed by atoms with Crippen molar-refractivity contribution in [2.75, 3.05) is 11.4 Å². The molecule has 3 rings (SSSR count). The molecule has 25 heavy (non-hydrogen) atoms. The lowest BCUT2D eigenvalue weighted by molar-refractivity contribution is 0.157. The van der Waals surface area contributed by atoms with Crippen molar-refractivity contribution >= 4 is 49.9 Å². The molecule has 0 bridgehead atoms. The molecular weight excluding hydrogens is 426 g/mol. The van der Waals surface area contributed by atoms with E-state index in [1.165, 1.54) is 24.3 Å². The molecule has 0 amide bonds. The highest BCUT2D eigenvalue weighted by Crippen LogP contribution is 2.35. The first kappa shape index (κ1) is 17.9. The van der Waals surface area contributed by atoms with Gasteiger partial charge in [-0.05, 0) is 57.9 Å². The van der Waals surface area contributed by atoms with Crippen molar-refractivity contribution in [2.45, 2.75) is 6.43 Å². The third-order valence-corrected chi connectivity index (χ3v) is 4.19. The van der Waals surface area contributed by atoms with Gasteiger partial charge in [-0.3, -0.25) is 0 Å². The minimum absolute atomic E-state index is 0.0971. The van der Waals surface area contributed by atoms with Crippen molar-refractivity contribution in [1.29, 1.82) is 0 Å². The molecule has 130 valence electrons. The van der Waals surface area contributed by atoms with Gasteiger partial charge < -0.3 is 4.90 Å². The number of benzene rings is 2. The third kappa shape index (κ3) is 3.69. The van der Waals surface area contributed by atoms with Crippen molar-refractivity contribution in [3.63, 3.8) is 0 Å². The zero-order valence-electron chi connectivity index (χ0n) is 12.4. The van der Waals surface area contributed by atoms with Crippen LogP contribution in [0.2, 0.25) is 5.28 Å². The topological polar surface area (TPSA) is 29.0 Å². The molecule has 0 saturated carbocycles. The van der Waals surface area contributed by atoms with E-state index in [0.29, 0.717) is 0 Å². The van der Waals surface area contributed by atoms with Crippen LogP contribution in [0, 0.1) is 11.6 Å². The first-order chi connectivity index (χ1) is 11.9. The fourth-order valence-corrected chi connectivity index (χ4v) is 2.93. The predicted molar refractivity (Wildman–Crippen MR) is 91.6 cm³/mol. The van der Waals surface area contributed by atoms with Gasteiger partial charge in [-0.2, -0.15) is 4.98 Å². The van der Waals surface area contributed by atoms with Crippen molar-refractivity contribution in [2.24, 2.45) is 0 Å². The fourth-order valence-electron chi connectivity index (χ4n) is 2.40. The van der Waals surface area contributed by atoms with Crippen LogP contribution in [0.3, 0.4) is 0 Å². The molecule has 0 aliphatic carbocycles. The predicted octanol–water partition coefficient (Wildman–Crippen LogP) is 5.73. The molecule has 0 fully saturated rings. The van der Waals surface area contributed by atoms with Crippen molar-refractivity contribution < 1.29 is 17.6 Å². The minimum atomic E-state index is -2.80. The monoisotopic (exact) mass is 433 g/mol. The summed E-state index contributed by atoms with van der Waals surface area (Å²) in [7, 11) is 0. The first-order valence-electron chi connectivity index (χ1n) is 6.99. The van der Waals surface area contributed by atoms with Crippen LogP contribution in [-0.4, -0.2) is 22.9 Å². The summed E-state index contributed by atoms with van der Waals surface area (Å²) in [5.74, 6) is -1.46. The fraction of sp³-hybridized carbons (Fsp3) is 0.125. The normalized spacial score (nSPS) is 11.3. The van der Waals surface area contributed by atoms with Crippen LogP contribution in [0.15, 0.2) is 40.9 Å². The molecule has 3 nitrogen and oxygen atoms in total. The van der Waals surface area contributed by atoms with Gasteiger partial charge in [0.1, 0.15) is 11.6 Å². The summed E-state index contributed by atoms with van der Waals surface area (Å²) in [6, 6.07) is 7.85. The summed E-state index contributed by atoms with van der Waals surface area (Å²) in [6.45, 7) is -0.855. The average Bonchev–Trinajstić information content (AvgIpc) is 2.55. The lowest BCUT2D eigenvalue weighted by Crippen LogP contribution is -2.26. The molecule has 0 unspecified atom stereocenters. The molecule has 1 aromatic heterocycles. The van der Waals surface area contributed by atoms with E-state index in [1.54, 1.807) is 0 Å². The van der Waals surface area contributed by atoms with E-state index in [1.807, 2.05) is 0 Å². The maximum atomic E-state index is 14.5. The van der Waals surface area contributed by atoms with E-state index in [4.69, 9.17) is 11.6 Å². The second kappa shape index (κ2) is 7.13. The van der Waals surface area contributed by atoms with Gasteiger partial charge in [0.2, 0.25) is 5.28 Å². The minimum Gasteiger partial charge on any atom is -0.317 e. The molecule has 9 heteroatoms. The molecule has 0 spiro atoms. The SMILES string of the molecule is Fc1ccc2nc(Cl)nc(N(CC(F)F)c3cccc(Br)c3F)c2c1. The van der Waals surface area contributed by atoms with Gasteiger partial charge >= 0.3 is 0 Å². The van der Waals surface area contributed by atoms with Crippen LogP contribution in [0.25, 0.3) is 10.9 Å². The summed E-state index contributed by atoms with van der Waals surface area (Å²) in [5, 5.41) is -0.0757. The molecule has 1 heterocycles. The highest BCUT2D eigenvalue weighted by atomic mass is 79.9. The van der Waals surface area contributed by atoms with Gasteiger partial charge in [0.15, 0.2) is 5.82 Å². The lowest BCUT2D eigenvalue weighted by Gasteiger charge is -2.25. The zero-order valence-corrected chi connectivity index (χ0v) is 14.7. The number of halogens is 6. The maximum Gasteiger partial charge on any atom is 0.256 e. The molecule has 0 aliphatic rings. The Balaban J connectivity index is 2.28. The van der Waals surface area contributed by atoms with Gasteiger partial charge in [0, 0.05) is 5.39 Å². The van der Waals surface area contributed by atoms with Gasteiger partial charge in [-0.15, -0.1) is 0 Å². The number of hydrogen-bond donors (Lipinski definition) is 0. The van der Waals surface area contributed by atoms with E-state index < -0.39 is 24.6 Å². The number of hydrogen-bond acceptors (Lipinski definition) is 3. The summed E-state index contributed by atoms with van der Waals surface area (Å²) >= 11 is 8.89. The molecule has 3 aromatic rings. The van der Waals surface area contributed by atoms with Crippen LogP contribution in [0.4, 0.5) is 29.1 Å². The number of aromatic nitrogens is 2. The van der Waals surface area contributed by atoms with Gasteiger partial charge in [0.25, 0.3) is 6.43 Å². The Kier molecular flexibility index (Phi) is 5.10. The van der Waals surface area contributed by atoms with Crippen molar-refractivity contribution in [3.05, 3.63) is 57.8 Å². The summed E-state index contributed by atoms with van der Waals surface area (Å²) in [6.07, 6.45) is -2.80. The van der Waals surface area contributed by atoms with Crippen molar-refractivity contribution in [1.82, 2.24) is 9.97 Å². The zero-order chi connectivity index (χ0) is 18.1.